The molecule has 2 aliphatic rings. The Labute approximate surface area is 94.0 Å². The standard InChI is InChI=1S/C13H25NO/c1-11(2)13(6-7-13)10-14-8-4-5-12(9-14)15-3/h11-12H,4-10H2,1-3H3. The van der Waals surface area contributed by atoms with Gasteiger partial charge in [-0.25, -0.2) is 0 Å². The SMILES string of the molecule is COC1CCCN(CC2(C(C)C)CC2)C1. The fraction of sp³-hybridized carbons (Fsp3) is 1.00. The highest BCUT2D eigenvalue weighted by Crippen LogP contribution is 2.52. The summed E-state index contributed by atoms with van der Waals surface area (Å²) in [6.07, 6.45) is 5.94. The van der Waals surface area contributed by atoms with Crippen LogP contribution in [0.5, 0.6) is 0 Å². The number of rotatable bonds is 4. The highest BCUT2D eigenvalue weighted by atomic mass is 16.5. The number of likely N-dealkylation sites (tertiary alicyclic amines) is 1. The highest BCUT2D eigenvalue weighted by Gasteiger charge is 2.46. The molecule has 0 aromatic rings. The van der Waals surface area contributed by atoms with Crippen molar-refractivity contribution in [2.45, 2.75) is 45.6 Å². The monoisotopic (exact) mass is 211 g/mol. The van der Waals surface area contributed by atoms with E-state index >= 15 is 0 Å². The first-order valence-corrected chi connectivity index (χ1v) is 6.41. The van der Waals surface area contributed by atoms with Gasteiger partial charge in [-0.3, -0.25) is 0 Å². The molecule has 1 aliphatic carbocycles. The van der Waals surface area contributed by atoms with Crippen LogP contribution in [0.25, 0.3) is 0 Å². The molecule has 1 atom stereocenters. The third-order valence-corrected chi connectivity index (χ3v) is 4.45. The van der Waals surface area contributed by atoms with Crippen LogP contribution in [0.4, 0.5) is 0 Å². The smallest absolute Gasteiger partial charge is 0.0698 e. The summed E-state index contributed by atoms with van der Waals surface area (Å²) in [5.41, 5.74) is 0.662. The summed E-state index contributed by atoms with van der Waals surface area (Å²) in [7, 11) is 1.85. The number of hydrogen-bond acceptors (Lipinski definition) is 2. The number of methoxy groups -OCH3 is 1. The van der Waals surface area contributed by atoms with Gasteiger partial charge in [0.2, 0.25) is 0 Å². The van der Waals surface area contributed by atoms with E-state index in [4.69, 9.17) is 4.74 Å². The molecule has 1 aliphatic heterocycles. The molecule has 1 heterocycles. The second kappa shape index (κ2) is 4.42. The molecule has 0 radical (unpaired) electrons. The molecule has 2 rings (SSSR count). The van der Waals surface area contributed by atoms with Gasteiger partial charge in [-0.05, 0) is 43.6 Å². The molecule has 0 bridgehead atoms. The molecule has 0 aromatic heterocycles. The second-order valence-corrected chi connectivity index (χ2v) is 5.75. The lowest BCUT2D eigenvalue weighted by Gasteiger charge is -2.35. The van der Waals surface area contributed by atoms with Crippen molar-refractivity contribution >= 4 is 0 Å². The van der Waals surface area contributed by atoms with Crippen LogP contribution < -0.4 is 0 Å². The fourth-order valence-corrected chi connectivity index (χ4v) is 2.87. The van der Waals surface area contributed by atoms with E-state index in [9.17, 15) is 0 Å². The largest absolute Gasteiger partial charge is 0.380 e. The molecular formula is C13H25NO. The van der Waals surface area contributed by atoms with E-state index in [2.05, 4.69) is 18.7 Å². The van der Waals surface area contributed by atoms with Crippen LogP contribution in [0.2, 0.25) is 0 Å². The van der Waals surface area contributed by atoms with E-state index < -0.39 is 0 Å². The molecule has 2 fully saturated rings. The predicted molar refractivity (Wildman–Crippen MR) is 63.0 cm³/mol. The summed E-state index contributed by atoms with van der Waals surface area (Å²) < 4.78 is 5.48. The van der Waals surface area contributed by atoms with E-state index in [1.54, 1.807) is 0 Å². The molecule has 1 unspecified atom stereocenters. The van der Waals surface area contributed by atoms with Gasteiger partial charge in [0.1, 0.15) is 0 Å². The second-order valence-electron chi connectivity index (χ2n) is 5.75. The van der Waals surface area contributed by atoms with Gasteiger partial charge < -0.3 is 9.64 Å². The number of hydrogen-bond donors (Lipinski definition) is 0. The Balaban J connectivity index is 1.84. The Kier molecular flexibility index (Phi) is 3.36. The van der Waals surface area contributed by atoms with Crippen molar-refractivity contribution in [2.24, 2.45) is 11.3 Å². The molecule has 0 amide bonds. The number of ether oxygens (including phenoxy) is 1. The van der Waals surface area contributed by atoms with Crippen LogP contribution in [-0.2, 0) is 4.74 Å². The van der Waals surface area contributed by atoms with E-state index in [1.165, 1.54) is 38.8 Å². The zero-order valence-electron chi connectivity index (χ0n) is 10.5. The van der Waals surface area contributed by atoms with Gasteiger partial charge >= 0.3 is 0 Å². The zero-order chi connectivity index (χ0) is 10.9. The third kappa shape index (κ3) is 2.54. The summed E-state index contributed by atoms with van der Waals surface area (Å²) in [6.45, 7) is 8.51. The van der Waals surface area contributed by atoms with Crippen molar-refractivity contribution in [3.8, 4) is 0 Å². The summed E-state index contributed by atoms with van der Waals surface area (Å²) in [6, 6.07) is 0. The molecule has 0 N–H and O–H groups in total. The first kappa shape index (κ1) is 11.4. The van der Waals surface area contributed by atoms with Crippen LogP contribution in [0.3, 0.4) is 0 Å². The maximum Gasteiger partial charge on any atom is 0.0698 e. The van der Waals surface area contributed by atoms with E-state index in [0.29, 0.717) is 11.5 Å². The molecule has 1 saturated heterocycles. The van der Waals surface area contributed by atoms with Gasteiger partial charge in [-0.2, -0.15) is 0 Å². The minimum Gasteiger partial charge on any atom is -0.380 e. The zero-order valence-corrected chi connectivity index (χ0v) is 10.5. The molecule has 2 nitrogen and oxygen atoms in total. The van der Waals surface area contributed by atoms with Crippen LogP contribution in [-0.4, -0.2) is 37.7 Å². The van der Waals surface area contributed by atoms with Crippen LogP contribution in [0.1, 0.15) is 39.5 Å². The van der Waals surface area contributed by atoms with Gasteiger partial charge in [0, 0.05) is 20.2 Å². The minimum absolute atomic E-state index is 0.488. The Hall–Kier alpha value is -0.0800. The topological polar surface area (TPSA) is 12.5 Å². The van der Waals surface area contributed by atoms with Crippen molar-refractivity contribution in [1.82, 2.24) is 4.90 Å². The molecular weight excluding hydrogens is 186 g/mol. The maximum atomic E-state index is 5.48. The Morgan fingerprint density at radius 3 is 2.67 bits per heavy atom. The predicted octanol–water partition coefficient (Wildman–Crippen LogP) is 2.53. The minimum atomic E-state index is 0.488. The molecule has 15 heavy (non-hydrogen) atoms. The lowest BCUT2D eigenvalue weighted by atomic mass is 9.91. The lowest BCUT2D eigenvalue weighted by molar-refractivity contribution is 0.0206. The first-order valence-electron chi connectivity index (χ1n) is 6.41. The maximum absolute atomic E-state index is 5.48. The van der Waals surface area contributed by atoms with Gasteiger partial charge in [0.15, 0.2) is 0 Å². The first-order chi connectivity index (χ1) is 7.16. The molecule has 0 aromatic carbocycles. The summed E-state index contributed by atoms with van der Waals surface area (Å²) in [4.78, 5) is 2.63. The van der Waals surface area contributed by atoms with Crippen molar-refractivity contribution in [1.29, 1.82) is 0 Å². The van der Waals surface area contributed by atoms with Crippen molar-refractivity contribution in [3.05, 3.63) is 0 Å². The van der Waals surface area contributed by atoms with E-state index in [1.807, 2.05) is 7.11 Å². The Morgan fingerprint density at radius 2 is 2.13 bits per heavy atom. The Bertz CT molecular complexity index is 211. The van der Waals surface area contributed by atoms with Gasteiger partial charge in [-0.15, -0.1) is 0 Å². The van der Waals surface area contributed by atoms with E-state index in [-0.39, 0.29) is 0 Å². The molecule has 1 saturated carbocycles. The Morgan fingerprint density at radius 1 is 1.40 bits per heavy atom. The van der Waals surface area contributed by atoms with Crippen molar-refractivity contribution in [2.75, 3.05) is 26.7 Å². The van der Waals surface area contributed by atoms with Gasteiger partial charge in [0.05, 0.1) is 6.10 Å². The highest BCUT2D eigenvalue weighted by molar-refractivity contribution is 4.98. The molecule has 0 spiro atoms. The lowest BCUT2D eigenvalue weighted by Crippen LogP contribution is -2.43. The van der Waals surface area contributed by atoms with Crippen molar-refractivity contribution < 1.29 is 4.74 Å². The van der Waals surface area contributed by atoms with Crippen LogP contribution >= 0.6 is 0 Å². The summed E-state index contributed by atoms with van der Waals surface area (Å²) in [5.74, 6) is 0.848. The van der Waals surface area contributed by atoms with Crippen LogP contribution in [0.15, 0.2) is 0 Å². The molecule has 88 valence electrons. The van der Waals surface area contributed by atoms with Crippen molar-refractivity contribution in [3.63, 3.8) is 0 Å². The normalized spacial score (nSPS) is 30.8. The number of piperidine rings is 1. The summed E-state index contributed by atoms with van der Waals surface area (Å²) >= 11 is 0. The van der Waals surface area contributed by atoms with Gasteiger partial charge in [-0.1, -0.05) is 13.8 Å². The average molecular weight is 211 g/mol. The average Bonchev–Trinajstić information content (AvgIpc) is 2.99. The molecule has 2 heteroatoms. The fourth-order valence-electron chi connectivity index (χ4n) is 2.87. The quantitative estimate of drug-likeness (QED) is 0.708. The van der Waals surface area contributed by atoms with Crippen LogP contribution in [0, 0.1) is 11.3 Å². The van der Waals surface area contributed by atoms with E-state index in [0.717, 1.165) is 12.5 Å². The van der Waals surface area contributed by atoms with Gasteiger partial charge in [0.25, 0.3) is 0 Å². The summed E-state index contributed by atoms with van der Waals surface area (Å²) in [5, 5.41) is 0. The third-order valence-electron chi connectivity index (χ3n) is 4.45. The number of nitrogens with zero attached hydrogens (tertiary/aromatic N) is 1.